The quantitative estimate of drug-likeness (QED) is 0.848. The average molecular weight is 347 g/mol. The predicted octanol–water partition coefficient (Wildman–Crippen LogP) is 1.88. The Hall–Kier alpha value is -2.91. The van der Waals surface area contributed by atoms with Crippen molar-refractivity contribution < 1.29 is 4.79 Å². The summed E-state index contributed by atoms with van der Waals surface area (Å²) in [6.45, 7) is 4.16. The maximum Gasteiger partial charge on any atom is 0.244 e. The van der Waals surface area contributed by atoms with Crippen LogP contribution in [0.2, 0.25) is 0 Å². The lowest BCUT2D eigenvalue weighted by molar-refractivity contribution is -0.121. The molecule has 0 spiro atoms. The van der Waals surface area contributed by atoms with Gasteiger partial charge in [0.1, 0.15) is 11.9 Å². The number of hydrogen-bond donors (Lipinski definition) is 0. The Labute approximate surface area is 153 Å². The molecule has 6 heteroatoms. The van der Waals surface area contributed by atoms with Gasteiger partial charge in [0, 0.05) is 44.6 Å². The summed E-state index contributed by atoms with van der Waals surface area (Å²) in [5, 5.41) is 8.88. The minimum absolute atomic E-state index is 0.0220. The van der Waals surface area contributed by atoms with E-state index in [0.29, 0.717) is 5.56 Å². The molecule has 132 valence electrons. The van der Waals surface area contributed by atoms with Crippen LogP contribution in [-0.2, 0) is 4.79 Å². The fourth-order valence-electron chi connectivity index (χ4n) is 3.77. The molecule has 2 fully saturated rings. The molecule has 2 aliphatic heterocycles. The number of pyridine rings is 1. The SMILES string of the molecule is N#Cc1ccc(N2CCN([C@@H]3CCN(c4ccccc4)C3=O)CC2)nc1. The van der Waals surface area contributed by atoms with E-state index in [0.717, 1.165) is 50.6 Å². The maximum atomic E-state index is 12.9. The van der Waals surface area contributed by atoms with Crippen LogP contribution in [0.5, 0.6) is 0 Å². The molecule has 26 heavy (non-hydrogen) atoms. The zero-order valence-electron chi connectivity index (χ0n) is 14.6. The summed E-state index contributed by atoms with van der Waals surface area (Å²) in [5.41, 5.74) is 1.56. The van der Waals surface area contributed by atoms with Crippen molar-refractivity contribution >= 4 is 17.4 Å². The molecule has 6 nitrogen and oxygen atoms in total. The molecule has 3 heterocycles. The fraction of sp³-hybridized carbons (Fsp3) is 0.350. The van der Waals surface area contributed by atoms with Crippen molar-refractivity contribution in [3.05, 3.63) is 54.2 Å². The summed E-state index contributed by atoms with van der Waals surface area (Å²) in [5.74, 6) is 1.11. The summed E-state index contributed by atoms with van der Waals surface area (Å²) >= 11 is 0. The van der Waals surface area contributed by atoms with E-state index in [1.54, 1.807) is 12.3 Å². The van der Waals surface area contributed by atoms with E-state index < -0.39 is 0 Å². The van der Waals surface area contributed by atoms with Gasteiger partial charge in [-0.3, -0.25) is 9.69 Å². The van der Waals surface area contributed by atoms with Gasteiger partial charge in [-0.1, -0.05) is 18.2 Å². The number of hydrogen-bond acceptors (Lipinski definition) is 5. The normalized spacial score (nSPS) is 21.0. The molecule has 2 saturated heterocycles. The van der Waals surface area contributed by atoms with E-state index in [1.165, 1.54) is 0 Å². The molecule has 1 aromatic heterocycles. The molecule has 4 rings (SSSR count). The number of nitrogens with zero attached hydrogens (tertiary/aromatic N) is 5. The van der Waals surface area contributed by atoms with Crippen LogP contribution < -0.4 is 9.80 Å². The smallest absolute Gasteiger partial charge is 0.244 e. The minimum atomic E-state index is -0.0220. The Morgan fingerprint density at radius 1 is 1.00 bits per heavy atom. The van der Waals surface area contributed by atoms with Gasteiger partial charge in [-0.2, -0.15) is 5.26 Å². The van der Waals surface area contributed by atoms with Gasteiger partial charge in [0.15, 0.2) is 0 Å². The van der Waals surface area contributed by atoms with Crippen molar-refractivity contribution in [2.24, 2.45) is 0 Å². The molecule has 0 saturated carbocycles. The summed E-state index contributed by atoms with van der Waals surface area (Å²) in [7, 11) is 0. The van der Waals surface area contributed by atoms with Gasteiger partial charge < -0.3 is 9.80 Å². The highest BCUT2D eigenvalue weighted by Gasteiger charge is 2.37. The number of rotatable bonds is 3. The van der Waals surface area contributed by atoms with Gasteiger partial charge in [-0.25, -0.2) is 4.98 Å². The predicted molar refractivity (Wildman–Crippen MR) is 99.9 cm³/mol. The molecule has 0 radical (unpaired) electrons. The van der Waals surface area contributed by atoms with E-state index in [4.69, 9.17) is 5.26 Å². The summed E-state index contributed by atoms with van der Waals surface area (Å²) in [4.78, 5) is 23.6. The molecule has 1 atom stereocenters. The Morgan fingerprint density at radius 3 is 2.42 bits per heavy atom. The molecular formula is C20H21N5O. The lowest BCUT2D eigenvalue weighted by Gasteiger charge is -2.37. The summed E-state index contributed by atoms with van der Waals surface area (Å²) in [6.07, 6.45) is 2.49. The molecule has 0 bridgehead atoms. The number of nitriles is 1. The zero-order valence-corrected chi connectivity index (χ0v) is 14.6. The highest BCUT2D eigenvalue weighted by Crippen LogP contribution is 2.25. The monoisotopic (exact) mass is 347 g/mol. The van der Waals surface area contributed by atoms with E-state index in [2.05, 4.69) is 20.9 Å². The van der Waals surface area contributed by atoms with Gasteiger partial charge in [-0.05, 0) is 30.7 Å². The van der Waals surface area contributed by atoms with Crippen LogP contribution in [0.4, 0.5) is 11.5 Å². The van der Waals surface area contributed by atoms with Crippen molar-refractivity contribution in [2.45, 2.75) is 12.5 Å². The van der Waals surface area contributed by atoms with Gasteiger partial charge in [-0.15, -0.1) is 0 Å². The van der Waals surface area contributed by atoms with Crippen molar-refractivity contribution in [3.63, 3.8) is 0 Å². The molecule has 0 unspecified atom stereocenters. The Bertz CT molecular complexity index is 806. The van der Waals surface area contributed by atoms with Gasteiger partial charge >= 0.3 is 0 Å². The molecule has 0 aliphatic carbocycles. The van der Waals surface area contributed by atoms with Gasteiger partial charge in [0.2, 0.25) is 5.91 Å². The number of carbonyl (C=O) groups is 1. The first kappa shape index (κ1) is 16.6. The van der Waals surface area contributed by atoms with E-state index in [1.807, 2.05) is 41.3 Å². The van der Waals surface area contributed by atoms with Gasteiger partial charge in [0.25, 0.3) is 0 Å². The number of anilines is 2. The third-order valence-electron chi connectivity index (χ3n) is 5.20. The third kappa shape index (κ3) is 3.14. The second-order valence-corrected chi connectivity index (χ2v) is 6.67. The lowest BCUT2D eigenvalue weighted by Crippen LogP contribution is -2.52. The highest BCUT2D eigenvalue weighted by molar-refractivity contribution is 5.99. The van der Waals surface area contributed by atoms with Crippen LogP contribution in [0.15, 0.2) is 48.7 Å². The van der Waals surface area contributed by atoms with Crippen LogP contribution in [0, 0.1) is 11.3 Å². The molecule has 2 aromatic rings. The first-order chi connectivity index (χ1) is 12.8. The van der Waals surface area contributed by atoms with Crippen molar-refractivity contribution in [1.29, 1.82) is 5.26 Å². The zero-order chi connectivity index (χ0) is 17.9. The number of aromatic nitrogens is 1. The van der Waals surface area contributed by atoms with Crippen LogP contribution in [0.1, 0.15) is 12.0 Å². The number of amides is 1. The maximum absolute atomic E-state index is 12.9. The lowest BCUT2D eigenvalue weighted by atomic mass is 10.1. The summed E-state index contributed by atoms with van der Waals surface area (Å²) < 4.78 is 0. The average Bonchev–Trinajstić information content (AvgIpc) is 3.10. The topological polar surface area (TPSA) is 63.5 Å². The molecule has 0 N–H and O–H groups in total. The molecule has 1 aromatic carbocycles. The first-order valence-corrected chi connectivity index (χ1v) is 8.98. The standard InChI is InChI=1S/C20H21N5O/c21-14-16-6-7-19(22-15-16)24-12-10-23(11-13-24)18-8-9-25(20(18)26)17-4-2-1-3-5-17/h1-7,15,18H,8-13H2/t18-/m1/s1. The second kappa shape index (κ2) is 7.14. The van der Waals surface area contributed by atoms with E-state index in [-0.39, 0.29) is 11.9 Å². The Balaban J connectivity index is 1.37. The Kier molecular flexibility index (Phi) is 4.55. The molecular weight excluding hydrogens is 326 g/mol. The highest BCUT2D eigenvalue weighted by atomic mass is 16.2. The van der Waals surface area contributed by atoms with Crippen molar-refractivity contribution in [2.75, 3.05) is 42.5 Å². The minimum Gasteiger partial charge on any atom is -0.354 e. The van der Waals surface area contributed by atoms with Crippen molar-refractivity contribution in [1.82, 2.24) is 9.88 Å². The summed E-state index contributed by atoms with van der Waals surface area (Å²) in [6, 6.07) is 15.7. The van der Waals surface area contributed by atoms with Crippen molar-refractivity contribution in [3.8, 4) is 6.07 Å². The molecule has 2 aliphatic rings. The van der Waals surface area contributed by atoms with Crippen LogP contribution >= 0.6 is 0 Å². The van der Waals surface area contributed by atoms with Crippen LogP contribution in [0.25, 0.3) is 0 Å². The fourth-order valence-corrected chi connectivity index (χ4v) is 3.77. The first-order valence-electron chi connectivity index (χ1n) is 8.98. The number of piperazine rings is 1. The Morgan fingerprint density at radius 2 is 1.77 bits per heavy atom. The largest absolute Gasteiger partial charge is 0.354 e. The second-order valence-electron chi connectivity index (χ2n) is 6.67. The number of benzene rings is 1. The van der Waals surface area contributed by atoms with E-state index in [9.17, 15) is 4.79 Å². The van der Waals surface area contributed by atoms with Crippen LogP contribution in [-0.4, -0.2) is 54.6 Å². The third-order valence-corrected chi connectivity index (χ3v) is 5.20. The number of carbonyl (C=O) groups excluding carboxylic acids is 1. The van der Waals surface area contributed by atoms with Gasteiger partial charge in [0.05, 0.1) is 11.6 Å². The van der Waals surface area contributed by atoms with E-state index >= 15 is 0 Å². The number of para-hydroxylation sites is 1. The molecule has 1 amide bonds. The van der Waals surface area contributed by atoms with Crippen LogP contribution in [0.3, 0.4) is 0 Å².